The molecule has 0 unspecified atom stereocenters. The molecule has 162 valence electrons. The first-order valence-electron chi connectivity index (χ1n) is 10.9. The summed E-state index contributed by atoms with van der Waals surface area (Å²) in [5.41, 5.74) is 1.61. The van der Waals surface area contributed by atoms with E-state index in [1.807, 2.05) is 17.0 Å². The highest BCUT2D eigenvalue weighted by atomic mass is 16.3. The van der Waals surface area contributed by atoms with Crippen molar-refractivity contribution in [2.45, 2.75) is 37.8 Å². The molecule has 2 bridgehead atoms. The second-order valence-corrected chi connectivity index (χ2v) is 9.01. The quantitative estimate of drug-likeness (QED) is 0.711. The molecular weight excluding hydrogens is 394 g/mol. The van der Waals surface area contributed by atoms with Gasteiger partial charge in [-0.15, -0.1) is 0 Å². The van der Waals surface area contributed by atoms with Crippen molar-refractivity contribution in [1.29, 1.82) is 0 Å². The lowest BCUT2D eigenvalue weighted by molar-refractivity contribution is -0.143. The zero-order chi connectivity index (χ0) is 21.5. The van der Waals surface area contributed by atoms with Crippen molar-refractivity contribution in [3.05, 3.63) is 70.6 Å². The fourth-order valence-electron chi connectivity index (χ4n) is 5.47. The van der Waals surface area contributed by atoms with Crippen LogP contribution in [0.25, 0.3) is 0 Å². The molecule has 0 aromatic carbocycles. The Balaban J connectivity index is 1.47. The smallest absolute Gasteiger partial charge is 0.251 e. The first kappa shape index (κ1) is 19.8. The van der Waals surface area contributed by atoms with E-state index in [2.05, 4.69) is 12.2 Å². The van der Waals surface area contributed by atoms with Crippen molar-refractivity contribution in [1.82, 2.24) is 14.4 Å². The molecule has 3 atom stereocenters. The summed E-state index contributed by atoms with van der Waals surface area (Å²) in [5.74, 6) is 0.0771. The predicted octanol–water partition coefficient (Wildman–Crippen LogP) is 2.55. The average molecular weight is 421 g/mol. The van der Waals surface area contributed by atoms with E-state index in [1.165, 1.54) is 6.07 Å². The highest BCUT2D eigenvalue weighted by Gasteiger charge is 2.46. The maximum atomic E-state index is 13.6. The van der Waals surface area contributed by atoms with Crippen LogP contribution in [0, 0.1) is 11.8 Å². The molecule has 2 aromatic rings. The standard InChI is InChI=1S/C24H27N3O4/c1-25(12-16-9-10-31-15-16)24(30)22-19-11-18(20-7-4-8-21(28)27(20)22)13-26(14-19)23(29)17-5-2-3-6-17/h2-4,7-10,15,17-19,22H,5-6,11-14H2,1H3/t18-,19+,22-/m1/s1. The van der Waals surface area contributed by atoms with E-state index >= 15 is 0 Å². The number of carbonyl (C=O) groups is 2. The second-order valence-electron chi connectivity index (χ2n) is 9.01. The number of hydrogen-bond acceptors (Lipinski definition) is 4. The summed E-state index contributed by atoms with van der Waals surface area (Å²) in [5, 5.41) is 0. The lowest BCUT2D eigenvalue weighted by atomic mass is 9.77. The number of aromatic nitrogens is 1. The van der Waals surface area contributed by atoms with Gasteiger partial charge in [-0.1, -0.05) is 18.2 Å². The number of pyridine rings is 1. The Kier molecular flexibility index (Phi) is 5.04. The van der Waals surface area contributed by atoms with E-state index in [9.17, 15) is 14.4 Å². The van der Waals surface area contributed by atoms with E-state index in [-0.39, 0.29) is 35.1 Å². The van der Waals surface area contributed by atoms with E-state index in [0.29, 0.717) is 19.6 Å². The van der Waals surface area contributed by atoms with Crippen LogP contribution in [0.15, 0.2) is 58.2 Å². The highest BCUT2D eigenvalue weighted by Crippen LogP contribution is 2.42. The van der Waals surface area contributed by atoms with Crippen LogP contribution in [0.2, 0.25) is 0 Å². The molecule has 4 heterocycles. The van der Waals surface area contributed by atoms with Crippen LogP contribution >= 0.6 is 0 Å². The molecule has 2 aliphatic heterocycles. The van der Waals surface area contributed by atoms with Crippen molar-refractivity contribution in [2.24, 2.45) is 11.8 Å². The van der Waals surface area contributed by atoms with Crippen LogP contribution in [0.1, 0.15) is 42.5 Å². The van der Waals surface area contributed by atoms with Gasteiger partial charge in [-0.3, -0.25) is 19.0 Å². The van der Waals surface area contributed by atoms with Gasteiger partial charge in [-0.05, 0) is 31.4 Å². The van der Waals surface area contributed by atoms with Crippen molar-refractivity contribution >= 4 is 11.8 Å². The van der Waals surface area contributed by atoms with Gasteiger partial charge in [-0.25, -0.2) is 0 Å². The Morgan fingerprint density at radius 2 is 1.97 bits per heavy atom. The number of hydrogen-bond donors (Lipinski definition) is 0. The number of rotatable bonds is 4. The van der Waals surface area contributed by atoms with Gasteiger partial charge in [0.05, 0.1) is 12.5 Å². The number of carbonyl (C=O) groups excluding carboxylic acids is 2. The minimum atomic E-state index is -0.603. The number of likely N-dealkylation sites (N-methyl/N-ethyl adjacent to an activating group) is 1. The summed E-state index contributed by atoms with van der Waals surface area (Å²) in [6.07, 6.45) is 9.73. The summed E-state index contributed by atoms with van der Waals surface area (Å²) in [7, 11) is 1.75. The molecule has 2 aromatic heterocycles. The monoisotopic (exact) mass is 421 g/mol. The number of allylic oxidation sites excluding steroid dienone is 2. The minimum absolute atomic E-state index is 0.00899. The van der Waals surface area contributed by atoms with Gasteiger partial charge >= 0.3 is 0 Å². The molecule has 5 rings (SSSR count). The summed E-state index contributed by atoms with van der Waals surface area (Å²) >= 11 is 0. The van der Waals surface area contributed by atoms with Crippen molar-refractivity contribution in [3.63, 3.8) is 0 Å². The maximum Gasteiger partial charge on any atom is 0.251 e. The third-order valence-corrected chi connectivity index (χ3v) is 6.95. The molecule has 0 spiro atoms. The van der Waals surface area contributed by atoms with Crippen LogP contribution in [0.5, 0.6) is 0 Å². The molecule has 31 heavy (non-hydrogen) atoms. The van der Waals surface area contributed by atoms with Gasteiger partial charge in [0.15, 0.2) is 0 Å². The fourth-order valence-corrected chi connectivity index (χ4v) is 5.47. The summed E-state index contributed by atoms with van der Waals surface area (Å²) in [4.78, 5) is 43.2. The molecule has 1 saturated heterocycles. The van der Waals surface area contributed by atoms with Gasteiger partial charge in [0.25, 0.3) is 5.56 Å². The molecule has 3 aliphatic rings. The summed E-state index contributed by atoms with van der Waals surface area (Å²) in [6, 6.07) is 6.44. The second kappa shape index (κ2) is 7.87. The van der Waals surface area contributed by atoms with Crippen LogP contribution < -0.4 is 5.56 Å². The van der Waals surface area contributed by atoms with Gasteiger partial charge in [0, 0.05) is 61.8 Å². The van der Waals surface area contributed by atoms with Gasteiger partial charge in [0.2, 0.25) is 11.8 Å². The Hall–Kier alpha value is -3.09. The molecule has 7 heteroatoms. The Morgan fingerprint density at radius 1 is 1.16 bits per heavy atom. The third-order valence-electron chi connectivity index (χ3n) is 6.95. The topological polar surface area (TPSA) is 75.8 Å². The third kappa shape index (κ3) is 3.52. The molecule has 1 fully saturated rings. The highest BCUT2D eigenvalue weighted by molar-refractivity contribution is 5.82. The molecular formula is C24H27N3O4. The van der Waals surface area contributed by atoms with E-state index in [4.69, 9.17) is 4.42 Å². The number of likely N-dealkylation sites (tertiary alicyclic amines) is 1. The summed E-state index contributed by atoms with van der Waals surface area (Å²) < 4.78 is 6.81. The van der Waals surface area contributed by atoms with Crippen LogP contribution in [0.3, 0.4) is 0 Å². The van der Waals surface area contributed by atoms with Gasteiger partial charge in [0.1, 0.15) is 6.04 Å². The van der Waals surface area contributed by atoms with Crippen molar-refractivity contribution in [3.8, 4) is 0 Å². The Labute approximate surface area is 180 Å². The number of furan rings is 1. The van der Waals surface area contributed by atoms with Gasteiger partial charge in [-0.2, -0.15) is 0 Å². The predicted molar refractivity (Wildman–Crippen MR) is 114 cm³/mol. The van der Waals surface area contributed by atoms with Crippen LogP contribution in [-0.2, 0) is 16.1 Å². The number of amides is 2. The molecule has 0 radical (unpaired) electrons. The molecule has 2 amide bonds. The first-order valence-corrected chi connectivity index (χ1v) is 10.9. The fraction of sp³-hybridized carbons (Fsp3) is 0.458. The number of nitrogens with zero attached hydrogens (tertiary/aromatic N) is 3. The SMILES string of the molecule is CN(Cc1ccoc1)C(=O)[C@H]1[C@H]2C[C@H](CN(C(=O)C3CC=CC3)C2)c2cccc(=O)n21. The van der Waals surface area contributed by atoms with E-state index < -0.39 is 6.04 Å². The van der Waals surface area contributed by atoms with Crippen molar-refractivity contribution < 1.29 is 14.0 Å². The zero-order valence-electron chi connectivity index (χ0n) is 17.6. The van der Waals surface area contributed by atoms with Crippen LogP contribution in [0.4, 0.5) is 0 Å². The Bertz CT molecular complexity index is 1060. The van der Waals surface area contributed by atoms with E-state index in [1.54, 1.807) is 35.1 Å². The molecule has 0 N–H and O–H groups in total. The largest absolute Gasteiger partial charge is 0.472 e. The number of piperidine rings is 1. The minimum Gasteiger partial charge on any atom is -0.472 e. The van der Waals surface area contributed by atoms with Crippen molar-refractivity contribution in [2.75, 3.05) is 20.1 Å². The normalized spacial score (nSPS) is 24.8. The van der Waals surface area contributed by atoms with Gasteiger partial charge < -0.3 is 14.2 Å². The lowest BCUT2D eigenvalue weighted by Crippen LogP contribution is -2.55. The molecule has 0 saturated carbocycles. The zero-order valence-corrected chi connectivity index (χ0v) is 17.6. The first-order chi connectivity index (χ1) is 15.0. The van der Waals surface area contributed by atoms with E-state index in [0.717, 1.165) is 30.5 Å². The number of fused-ring (bicyclic) bond motifs is 4. The van der Waals surface area contributed by atoms with Crippen LogP contribution in [-0.4, -0.2) is 46.3 Å². The Morgan fingerprint density at radius 3 is 2.71 bits per heavy atom. The summed E-state index contributed by atoms with van der Waals surface area (Å²) in [6.45, 7) is 1.54. The molecule has 1 aliphatic carbocycles. The molecule has 7 nitrogen and oxygen atoms in total. The average Bonchev–Trinajstić information content (AvgIpc) is 3.48. The lowest BCUT2D eigenvalue weighted by Gasteiger charge is -2.47. The maximum absolute atomic E-state index is 13.6.